The van der Waals surface area contributed by atoms with Crippen LogP contribution < -0.4 is 23.4 Å². The predicted molar refractivity (Wildman–Crippen MR) is 112 cm³/mol. The summed E-state index contributed by atoms with van der Waals surface area (Å²) in [5, 5.41) is 5.93. The third-order valence-corrected chi connectivity index (χ3v) is 5.17. The van der Waals surface area contributed by atoms with Gasteiger partial charge in [-0.25, -0.2) is 23.1 Å². The maximum atomic E-state index is 8.49. The molecule has 0 amide bonds. The van der Waals surface area contributed by atoms with Gasteiger partial charge in [0.15, 0.2) is 0 Å². The summed E-state index contributed by atoms with van der Waals surface area (Å²) in [6.45, 7) is 2.11. The molecule has 0 aliphatic carbocycles. The molecule has 0 aliphatic rings. The molecule has 32 heavy (non-hydrogen) atoms. The Morgan fingerprint density at radius 1 is 0.719 bits per heavy atom. The van der Waals surface area contributed by atoms with Gasteiger partial charge in [-0.1, -0.05) is 36.4 Å². The Morgan fingerprint density at radius 3 is 2.12 bits per heavy atom. The molecule has 0 radical (unpaired) electrons. The Morgan fingerprint density at radius 2 is 1.38 bits per heavy atom. The molecule has 0 atom stereocenters. The van der Waals surface area contributed by atoms with E-state index in [1.807, 2.05) is 6.07 Å². The van der Waals surface area contributed by atoms with Crippen LogP contribution in [0.5, 0.6) is 5.75 Å². The Balaban J connectivity index is 0.000000444. The monoisotopic (exact) mass is 450 g/mol. The number of benzene rings is 4. The van der Waals surface area contributed by atoms with Crippen molar-refractivity contribution in [2.24, 2.45) is 0 Å². The minimum absolute atomic E-state index is 0.869. The van der Waals surface area contributed by atoms with E-state index < -0.39 is 10.2 Å². The summed E-state index contributed by atoms with van der Waals surface area (Å²) in [6.07, 6.45) is 0. The second kappa shape index (κ2) is 8.70. The summed E-state index contributed by atoms with van der Waals surface area (Å²) in [4.78, 5) is 0. The van der Waals surface area contributed by atoms with Gasteiger partial charge in [0.1, 0.15) is 5.75 Å². The molecule has 162 valence electrons. The molecule has 0 fully saturated rings. The van der Waals surface area contributed by atoms with Crippen LogP contribution in [0.4, 0.5) is 0 Å². The third-order valence-electron chi connectivity index (χ3n) is 5.17. The van der Waals surface area contributed by atoms with E-state index in [1.54, 1.807) is 7.11 Å². The van der Waals surface area contributed by atoms with Crippen molar-refractivity contribution in [2.75, 3.05) is 7.11 Å². The van der Waals surface area contributed by atoms with Crippen molar-refractivity contribution >= 4 is 32.5 Å². The van der Waals surface area contributed by atoms with Gasteiger partial charge >= 0.3 is 11.3 Å². The van der Waals surface area contributed by atoms with Crippen molar-refractivity contribution < 1.29 is 38.0 Å². The van der Waals surface area contributed by atoms with Crippen LogP contribution in [0.1, 0.15) is 5.56 Å². The zero-order chi connectivity index (χ0) is 22.9. The van der Waals surface area contributed by atoms with Crippen LogP contribution in [-0.2, 0) is 0 Å². The molecule has 1 aromatic heterocycles. The Bertz CT molecular complexity index is 1420. The van der Waals surface area contributed by atoms with E-state index in [0.717, 1.165) is 39.0 Å². The number of ether oxygens (including phenoxy) is 1. The second-order valence-corrected chi connectivity index (χ2v) is 8.02. The average Bonchev–Trinajstić information content (AvgIpc) is 2.77. The lowest BCUT2D eigenvalue weighted by atomic mass is 10.0. The van der Waals surface area contributed by atoms with Crippen LogP contribution in [0.25, 0.3) is 43.8 Å². The lowest BCUT2D eigenvalue weighted by Crippen LogP contribution is -2.68. The third kappa shape index (κ3) is 4.80. The number of hydrogen-bond donors (Lipinski definition) is 0. The quantitative estimate of drug-likeness (QED) is 0.301. The molecule has 5 rings (SSSR count). The van der Waals surface area contributed by atoms with Crippen molar-refractivity contribution in [3.63, 3.8) is 0 Å². The first-order valence-corrected chi connectivity index (χ1v) is 10.9. The van der Waals surface area contributed by atoms with Crippen molar-refractivity contribution in [3.8, 4) is 17.1 Å². The highest BCUT2D eigenvalue weighted by atomic mass is 35.7. The minimum atomic E-state index is -4.94. The first-order chi connectivity index (χ1) is 15.2. The van der Waals surface area contributed by atoms with Gasteiger partial charge < -0.3 is 4.74 Å². The van der Waals surface area contributed by atoms with Gasteiger partial charge in [0.25, 0.3) is 0 Å². The largest absolute Gasteiger partial charge is 0.497 e. The molecular formula is C25H19ClO6. The number of fused-ring (bicyclic) bond motifs is 4. The first kappa shape index (κ1) is 22.0. The van der Waals surface area contributed by atoms with Crippen molar-refractivity contribution in [3.05, 3.63) is 84.4 Å². The smallest absolute Gasteiger partial charge is 0.363 e. The van der Waals surface area contributed by atoms with Crippen molar-refractivity contribution in [1.82, 2.24) is 0 Å². The van der Waals surface area contributed by atoms with Crippen LogP contribution in [0, 0.1) is 17.2 Å². The zero-order valence-corrected chi connectivity index (χ0v) is 18.1. The highest BCUT2D eigenvalue weighted by molar-refractivity contribution is 6.06. The molecule has 7 heteroatoms. The summed E-state index contributed by atoms with van der Waals surface area (Å²) in [5.74, 6) is 1.78. The molecule has 0 spiro atoms. The van der Waals surface area contributed by atoms with E-state index in [-0.39, 0.29) is 0 Å². The zero-order valence-electron chi connectivity index (χ0n) is 17.3. The number of halogens is 1. The Labute approximate surface area is 186 Å². The Hall–Kier alpha value is -3.26. The minimum Gasteiger partial charge on any atom is -0.497 e. The van der Waals surface area contributed by atoms with Gasteiger partial charge in [0.05, 0.1) is 23.6 Å². The van der Waals surface area contributed by atoms with Crippen LogP contribution in [0.2, 0.25) is 0 Å². The van der Waals surface area contributed by atoms with Crippen molar-refractivity contribution in [1.29, 1.82) is 0 Å². The molecule has 0 aliphatic heterocycles. The highest BCUT2D eigenvalue weighted by Crippen LogP contribution is 2.34. The average molecular weight is 451 g/mol. The van der Waals surface area contributed by atoms with Gasteiger partial charge in [0.2, 0.25) is 0 Å². The number of rotatable bonds is 2. The normalized spacial score (nSPS) is 11.4. The lowest BCUT2D eigenvalue weighted by molar-refractivity contribution is -2.00. The molecule has 0 saturated heterocycles. The molecular weight excluding hydrogens is 432 g/mol. The molecule has 0 bridgehead atoms. The standard InChI is InChI=1S/C25H19O2.ClHO4/c1-16-13-23-22-6-4-3-5-17(22)10-12-24(23)27-25(16)20-8-7-19-15-21(26-2)11-9-18(19)14-20;2-1(3,4)5/h3-15H,1-2H3;(H,2,3,4,5)/q+1;/p-1. The van der Waals surface area contributed by atoms with E-state index in [0.29, 0.717) is 0 Å². The van der Waals surface area contributed by atoms with Crippen LogP contribution in [0.3, 0.4) is 0 Å². The molecule has 0 unspecified atom stereocenters. The van der Waals surface area contributed by atoms with Crippen molar-refractivity contribution in [2.45, 2.75) is 6.92 Å². The lowest BCUT2D eigenvalue weighted by Gasteiger charge is -2.17. The number of hydrogen-bond acceptors (Lipinski definition) is 5. The molecule has 6 nitrogen and oxygen atoms in total. The summed E-state index contributed by atoms with van der Waals surface area (Å²) in [6, 6.07) is 27.4. The molecule has 0 N–H and O–H groups in total. The van der Waals surface area contributed by atoms with E-state index in [1.165, 1.54) is 16.2 Å². The topological polar surface area (TPSA) is 113 Å². The second-order valence-electron chi connectivity index (χ2n) is 7.26. The number of aryl methyl sites for hydroxylation is 1. The summed E-state index contributed by atoms with van der Waals surface area (Å²) >= 11 is 0. The predicted octanol–water partition coefficient (Wildman–Crippen LogP) is 2.25. The number of methoxy groups -OCH3 is 1. The van der Waals surface area contributed by atoms with Crippen LogP contribution in [-0.4, -0.2) is 7.11 Å². The molecule has 1 heterocycles. The highest BCUT2D eigenvalue weighted by Gasteiger charge is 2.20. The molecule has 5 aromatic rings. The van der Waals surface area contributed by atoms with E-state index in [4.69, 9.17) is 27.8 Å². The van der Waals surface area contributed by atoms with Crippen LogP contribution in [0.15, 0.2) is 83.3 Å². The first-order valence-electron chi connectivity index (χ1n) is 9.68. The molecule has 0 saturated carbocycles. The maximum absolute atomic E-state index is 8.49. The Kier molecular flexibility index (Phi) is 5.97. The SMILES string of the molecule is COc1ccc2cc(-c3[o+]c4ccc5ccccc5c4cc3C)ccc2c1.[O-][Cl+3]([O-])([O-])[O-]. The summed E-state index contributed by atoms with van der Waals surface area (Å²) in [5.41, 5.74) is 3.12. The van der Waals surface area contributed by atoms with Gasteiger partial charge in [-0.2, -0.15) is 0 Å². The van der Waals surface area contributed by atoms with E-state index >= 15 is 0 Å². The fourth-order valence-corrected chi connectivity index (χ4v) is 3.76. The fraction of sp³-hybridized carbons (Fsp3) is 0.0800. The maximum Gasteiger partial charge on any atom is 0.363 e. The van der Waals surface area contributed by atoms with Gasteiger partial charge in [-0.3, -0.25) is 0 Å². The van der Waals surface area contributed by atoms with Gasteiger partial charge in [-0.05, 0) is 64.9 Å². The van der Waals surface area contributed by atoms with Gasteiger partial charge in [-0.15, -0.1) is 10.2 Å². The van der Waals surface area contributed by atoms with Gasteiger partial charge in [0, 0.05) is 6.07 Å². The summed E-state index contributed by atoms with van der Waals surface area (Å²) in [7, 11) is -3.25. The van der Waals surface area contributed by atoms with E-state index in [2.05, 4.69) is 79.7 Å². The fourth-order valence-electron chi connectivity index (χ4n) is 3.76. The van der Waals surface area contributed by atoms with E-state index in [9.17, 15) is 0 Å². The summed E-state index contributed by atoms with van der Waals surface area (Å²) < 4.78 is 45.6. The molecule has 4 aromatic carbocycles. The van der Waals surface area contributed by atoms with Crippen LogP contribution >= 0.6 is 0 Å².